The largest absolute Gasteiger partial charge is 0.456 e. The maximum Gasteiger partial charge on any atom is 0.215 e. The molecule has 1 aliphatic rings. The molecule has 1 aliphatic heterocycles. The van der Waals surface area contributed by atoms with Crippen molar-refractivity contribution in [2.75, 3.05) is 6.54 Å². The van der Waals surface area contributed by atoms with E-state index in [9.17, 15) is 14.9 Å². The summed E-state index contributed by atoms with van der Waals surface area (Å²) in [5.74, 6) is 0.340. The first-order valence-corrected chi connectivity index (χ1v) is 6.84. The van der Waals surface area contributed by atoms with E-state index in [4.69, 9.17) is 4.74 Å². The van der Waals surface area contributed by atoms with Crippen LogP contribution in [0.15, 0.2) is 60.2 Å². The van der Waals surface area contributed by atoms with Crippen LogP contribution >= 0.6 is 0 Å². The first-order chi connectivity index (χ1) is 10.7. The zero-order valence-corrected chi connectivity index (χ0v) is 11.6. The van der Waals surface area contributed by atoms with Gasteiger partial charge < -0.3 is 4.74 Å². The number of nitro groups is 1. The Morgan fingerprint density at radius 1 is 1.09 bits per heavy atom. The maximum atomic E-state index is 11.6. The summed E-state index contributed by atoms with van der Waals surface area (Å²) in [7, 11) is 0. The van der Waals surface area contributed by atoms with Gasteiger partial charge >= 0.3 is 0 Å². The van der Waals surface area contributed by atoms with Gasteiger partial charge in [-0.15, -0.1) is 0 Å². The zero-order chi connectivity index (χ0) is 15.5. The molecule has 5 heteroatoms. The van der Waals surface area contributed by atoms with Gasteiger partial charge in [0.1, 0.15) is 11.5 Å². The van der Waals surface area contributed by atoms with Crippen LogP contribution in [0.1, 0.15) is 17.0 Å². The number of carbonyl (C=O) groups is 1. The molecule has 0 radical (unpaired) electrons. The Kier molecular flexibility index (Phi) is 3.70. The number of hydrogen-bond acceptors (Lipinski definition) is 4. The van der Waals surface area contributed by atoms with Crippen LogP contribution in [0.5, 0.6) is 5.75 Å². The minimum Gasteiger partial charge on any atom is -0.456 e. The van der Waals surface area contributed by atoms with Crippen molar-refractivity contribution in [2.24, 2.45) is 0 Å². The monoisotopic (exact) mass is 295 g/mol. The van der Waals surface area contributed by atoms with Gasteiger partial charge in [0.05, 0.1) is 5.92 Å². The number of para-hydroxylation sites is 1. The molecule has 0 amide bonds. The fourth-order valence-corrected chi connectivity index (χ4v) is 2.65. The fraction of sp³-hybridized carbons (Fsp3) is 0.118. The van der Waals surface area contributed by atoms with E-state index in [0.717, 1.165) is 5.56 Å². The molecule has 110 valence electrons. The molecule has 0 spiro atoms. The van der Waals surface area contributed by atoms with Crippen LogP contribution in [-0.4, -0.2) is 17.8 Å². The van der Waals surface area contributed by atoms with Crippen molar-refractivity contribution in [3.05, 3.63) is 81.4 Å². The Morgan fingerprint density at radius 3 is 2.45 bits per heavy atom. The normalized spacial score (nSPS) is 16.6. The first kappa shape index (κ1) is 14.0. The highest BCUT2D eigenvalue weighted by atomic mass is 16.6. The van der Waals surface area contributed by atoms with E-state index in [1.54, 1.807) is 24.3 Å². The Hall–Kier alpha value is -2.95. The number of carbonyl (C=O) groups excluding carboxylic acids is 1. The lowest BCUT2D eigenvalue weighted by atomic mass is 9.87. The summed E-state index contributed by atoms with van der Waals surface area (Å²) >= 11 is 0. The smallest absolute Gasteiger partial charge is 0.215 e. The molecule has 0 unspecified atom stereocenters. The van der Waals surface area contributed by atoms with Crippen molar-refractivity contribution in [3.8, 4) is 5.75 Å². The SMILES string of the molecule is O=CC1=C(c2ccccc2)Oc2ccccc2[C@H]1C[N+](=O)[O-]. The summed E-state index contributed by atoms with van der Waals surface area (Å²) in [5, 5.41) is 11.0. The lowest BCUT2D eigenvalue weighted by Gasteiger charge is -2.26. The molecule has 0 fully saturated rings. The third-order valence-electron chi connectivity index (χ3n) is 3.64. The van der Waals surface area contributed by atoms with E-state index in [2.05, 4.69) is 0 Å². The number of aldehydes is 1. The minimum atomic E-state index is -0.604. The molecule has 0 N–H and O–H groups in total. The number of hydrogen-bond donors (Lipinski definition) is 0. The molecule has 0 bridgehead atoms. The molecule has 0 saturated heterocycles. The number of ether oxygens (including phenoxy) is 1. The van der Waals surface area contributed by atoms with Crippen LogP contribution in [0.4, 0.5) is 0 Å². The van der Waals surface area contributed by atoms with E-state index in [-0.39, 0.29) is 6.54 Å². The highest BCUT2D eigenvalue weighted by Gasteiger charge is 2.33. The molecule has 22 heavy (non-hydrogen) atoms. The van der Waals surface area contributed by atoms with Gasteiger partial charge in [0.15, 0.2) is 6.29 Å². The Morgan fingerprint density at radius 2 is 1.77 bits per heavy atom. The summed E-state index contributed by atoms with van der Waals surface area (Å²) in [6.07, 6.45) is 0.659. The molecule has 3 rings (SSSR count). The lowest BCUT2D eigenvalue weighted by Crippen LogP contribution is -2.22. The van der Waals surface area contributed by atoms with Crippen molar-refractivity contribution in [1.82, 2.24) is 0 Å². The van der Waals surface area contributed by atoms with E-state index >= 15 is 0 Å². The third kappa shape index (κ3) is 2.48. The second kappa shape index (κ2) is 5.81. The van der Waals surface area contributed by atoms with Gasteiger partial charge in [-0.3, -0.25) is 14.9 Å². The average molecular weight is 295 g/mol. The molecule has 1 atom stereocenters. The van der Waals surface area contributed by atoms with Crippen molar-refractivity contribution in [1.29, 1.82) is 0 Å². The van der Waals surface area contributed by atoms with Crippen LogP contribution in [0.2, 0.25) is 0 Å². The highest BCUT2D eigenvalue weighted by molar-refractivity contribution is 5.90. The molecule has 2 aromatic rings. The summed E-state index contributed by atoms with van der Waals surface area (Å²) < 4.78 is 5.86. The Bertz CT molecular complexity index is 752. The van der Waals surface area contributed by atoms with Crippen LogP contribution in [0.25, 0.3) is 5.76 Å². The Labute approximate surface area is 127 Å². The predicted molar refractivity (Wildman–Crippen MR) is 81.1 cm³/mol. The highest BCUT2D eigenvalue weighted by Crippen LogP contribution is 2.41. The number of nitrogens with zero attached hydrogens (tertiary/aromatic N) is 1. The summed E-state index contributed by atoms with van der Waals surface area (Å²) in [5.41, 5.74) is 1.70. The quantitative estimate of drug-likeness (QED) is 0.494. The van der Waals surface area contributed by atoms with E-state index in [1.807, 2.05) is 30.3 Å². The fourth-order valence-electron chi connectivity index (χ4n) is 2.65. The molecular weight excluding hydrogens is 282 g/mol. The molecule has 2 aromatic carbocycles. The second-order valence-electron chi connectivity index (χ2n) is 4.98. The molecular formula is C17H13NO4. The van der Waals surface area contributed by atoms with Gasteiger partial charge in [0.25, 0.3) is 0 Å². The van der Waals surface area contributed by atoms with Gasteiger partial charge in [-0.2, -0.15) is 0 Å². The summed E-state index contributed by atoms with van der Waals surface area (Å²) in [6, 6.07) is 16.2. The molecule has 0 saturated carbocycles. The van der Waals surface area contributed by atoms with E-state index in [1.165, 1.54) is 0 Å². The van der Waals surface area contributed by atoms with Crippen LogP contribution in [-0.2, 0) is 4.79 Å². The molecule has 1 heterocycles. The van der Waals surface area contributed by atoms with E-state index < -0.39 is 10.8 Å². The zero-order valence-electron chi connectivity index (χ0n) is 11.6. The number of benzene rings is 2. The van der Waals surface area contributed by atoms with Crippen LogP contribution in [0, 0.1) is 10.1 Å². The third-order valence-corrected chi connectivity index (χ3v) is 3.64. The predicted octanol–water partition coefficient (Wildman–Crippen LogP) is 3.05. The maximum absolute atomic E-state index is 11.6. The van der Waals surface area contributed by atoms with E-state index in [0.29, 0.717) is 28.9 Å². The van der Waals surface area contributed by atoms with Crippen molar-refractivity contribution >= 4 is 12.0 Å². The summed E-state index contributed by atoms with van der Waals surface area (Å²) in [4.78, 5) is 22.2. The minimum absolute atomic E-state index is 0.307. The van der Waals surface area contributed by atoms with Gasteiger partial charge in [-0.1, -0.05) is 48.5 Å². The number of rotatable bonds is 4. The molecule has 0 aromatic heterocycles. The van der Waals surface area contributed by atoms with Crippen molar-refractivity contribution < 1.29 is 14.5 Å². The number of fused-ring (bicyclic) bond motifs is 1. The van der Waals surface area contributed by atoms with Crippen LogP contribution < -0.4 is 4.74 Å². The van der Waals surface area contributed by atoms with Gasteiger partial charge in [-0.25, -0.2) is 0 Å². The second-order valence-corrected chi connectivity index (χ2v) is 4.98. The van der Waals surface area contributed by atoms with Crippen molar-refractivity contribution in [2.45, 2.75) is 5.92 Å². The van der Waals surface area contributed by atoms with Gasteiger partial charge in [0, 0.05) is 21.6 Å². The first-order valence-electron chi connectivity index (χ1n) is 6.84. The molecule has 5 nitrogen and oxygen atoms in total. The summed E-state index contributed by atoms with van der Waals surface area (Å²) in [6.45, 7) is -0.342. The standard InChI is InChI=1S/C17H13NO4/c19-11-15-14(10-18(20)21)13-8-4-5-9-16(13)22-17(15)12-6-2-1-3-7-12/h1-9,11,14H,10H2/t14-/m1/s1. The topological polar surface area (TPSA) is 69.4 Å². The molecule has 0 aliphatic carbocycles. The van der Waals surface area contributed by atoms with Crippen molar-refractivity contribution in [3.63, 3.8) is 0 Å². The Balaban J connectivity index is 2.17. The average Bonchev–Trinajstić information content (AvgIpc) is 2.55. The van der Waals surface area contributed by atoms with Gasteiger partial charge in [-0.05, 0) is 6.07 Å². The lowest BCUT2D eigenvalue weighted by molar-refractivity contribution is -0.481. The van der Waals surface area contributed by atoms with Crippen LogP contribution in [0.3, 0.4) is 0 Å². The van der Waals surface area contributed by atoms with Gasteiger partial charge in [0.2, 0.25) is 6.54 Å².